The number of amides is 1. The van der Waals surface area contributed by atoms with Gasteiger partial charge in [0.25, 0.3) is 5.91 Å². The van der Waals surface area contributed by atoms with Gasteiger partial charge in [-0.05, 0) is 49.6 Å². The van der Waals surface area contributed by atoms with Crippen LogP contribution in [-0.2, 0) is 11.3 Å². The van der Waals surface area contributed by atoms with Gasteiger partial charge in [-0.2, -0.15) is 4.98 Å². The Kier molecular flexibility index (Phi) is 6.46. The van der Waals surface area contributed by atoms with E-state index in [0.29, 0.717) is 18.1 Å². The summed E-state index contributed by atoms with van der Waals surface area (Å²) in [7, 11) is 0. The van der Waals surface area contributed by atoms with E-state index in [2.05, 4.69) is 31.4 Å². The largest absolute Gasteiger partial charge is 0.480 e. The Morgan fingerprint density at radius 3 is 2.79 bits per heavy atom. The lowest BCUT2D eigenvalue weighted by Crippen LogP contribution is -2.37. The molecule has 0 fully saturated rings. The zero-order valence-corrected chi connectivity index (χ0v) is 17.6. The van der Waals surface area contributed by atoms with Crippen LogP contribution in [0.1, 0.15) is 30.4 Å². The molecule has 146 valence electrons. The lowest BCUT2D eigenvalue weighted by Gasteiger charge is -2.18. The topological polar surface area (TPSA) is 77.2 Å². The quantitative estimate of drug-likeness (QED) is 0.577. The highest BCUT2D eigenvalue weighted by atomic mass is 79.9. The van der Waals surface area contributed by atoms with Gasteiger partial charge in [-0.1, -0.05) is 52.3 Å². The van der Waals surface area contributed by atoms with E-state index >= 15 is 0 Å². The lowest BCUT2D eigenvalue weighted by molar-refractivity contribution is -0.128. The van der Waals surface area contributed by atoms with E-state index in [1.54, 1.807) is 0 Å². The molecule has 1 heterocycles. The third kappa shape index (κ3) is 4.78. The van der Waals surface area contributed by atoms with E-state index in [0.717, 1.165) is 26.9 Å². The van der Waals surface area contributed by atoms with Crippen LogP contribution in [0.15, 0.2) is 51.5 Å². The first-order valence-electron chi connectivity index (χ1n) is 9.07. The van der Waals surface area contributed by atoms with E-state index in [9.17, 15) is 4.79 Å². The number of halogens is 1. The van der Waals surface area contributed by atoms with Crippen molar-refractivity contribution in [2.45, 2.75) is 39.8 Å². The molecular weight excluding hydrogens is 422 g/mol. The molecule has 0 saturated heterocycles. The van der Waals surface area contributed by atoms with Crippen LogP contribution in [0.3, 0.4) is 0 Å². The number of carbonyl (C=O) groups excluding carboxylic acids is 1. The molecule has 0 bridgehead atoms. The van der Waals surface area contributed by atoms with Crippen molar-refractivity contribution in [1.29, 1.82) is 0 Å². The number of hydrogen-bond acceptors (Lipinski definition) is 5. The average molecular weight is 444 g/mol. The van der Waals surface area contributed by atoms with Gasteiger partial charge in [0.15, 0.2) is 6.10 Å². The highest BCUT2D eigenvalue weighted by Crippen LogP contribution is 2.23. The van der Waals surface area contributed by atoms with Crippen molar-refractivity contribution in [3.63, 3.8) is 0 Å². The maximum absolute atomic E-state index is 12.5. The van der Waals surface area contributed by atoms with Crippen LogP contribution in [0.2, 0.25) is 0 Å². The van der Waals surface area contributed by atoms with Crippen LogP contribution in [0.4, 0.5) is 0 Å². The summed E-state index contributed by atoms with van der Waals surface area (Å²) in [6.45, 7) is 6.05. The van der Waals surface area contributed by atoms with Gasteiger partial charge >= 0.3 is 0 Å². The fourth-order valence-corrected chi connectivity index (χ4v) is 3.07. The summed E-state index contributed by atoms with van der Waals surface area (Å²) in [5, 5.41) is 6.78. The number of hydrogen-bond donors (Lipinski definition) is 1. The Hall–Kier alpha value is -2.67. The van der Waals surface area contributed by atoms with Crippen molar-refractivity contribution in [2.75, 3.05) is 0 Å². The number of rotatable bonds is 7. The minimum absolute atomic E-state index is 0.145. The lowest BCUT2D eigenvalue weighted by atomic mass is 10.1. The summed E-state index contributed by atoms with van der Waals surface area (Å²) in [6, 6.07) is 13.4. The molecule has 6 nitrogen and oxygen atoms in total. The molecule has 1 atom stereocenters. The van der Waals surface area contributed by atoms with Crippen molar-refractivity contribution < 1.29 is 14.1 Å². The molecule has 3 rings (SSSR count). The zero-order chi connectivity index (χ0) is 20.1. The van der Waals surface area contributed by atoms with Crippen LogP contribution < -0.4 is 10.1 Å². The summed E-state index contributed by atoms with van der Waals surface area (Å²) >= 11 is 3.42. The van der Waals surface area contributed by atoms with Crippen molar-refractivity contribution in [3.8, 4) is 17.1 Å². The Balaban J connectivity index is 1.62. The first kappa shape index (κ1) is 20.1. The van der Waals surface area contributed by atoms with Crippen LogP contribution in [0.5, 0.6) is 5.75 Å². The molecule has 28 heavy (non-hydrogen) atoms. The number of nitrogens with zero attached hydrogens (tertiary/aromatic N) is 2. The first-order chi connectivity index (χ1) is 13.5. The third-order valence-corrected chi connectivity index (χ3v) is 4.95. The molecule has 0 aliphatic carbocycles. The van der Waals surface area contributed by atoms with E-state index in [1.807, 2.05) is 63.2 Å². The van der Waals surface area contributed by atoms with Gasteiger partial charge in [0.1, 0.15) is 5.75 Å². The Labute approximate surface area is 172 Å². The molecule has 1 N–H and O–H groups in total. The van der Waals surface area contributed by atoms with Gasteiger partial charge in [0.05, 0.1) is 6.54 Å². The molecule has 2 aromatic carbocycles. The summed E-state index contributed by atoms with van der Waals surface area (Å²) in [5.74, 6) is 1.32. The van der Waals surface area contributed by atoms with Gasteiger partial charge in [0.2, 0.25) is 11.7 Å². The van der Waals surface area contributed by atoms with E-state index in [4.69, 9.17) is 9.26 Å². The average Bonchev–Trinajstić information content (AvgIpc) is 3.16. The second-order valence-corrected chi connectivity index (χ2v) is 7.37. The molecule has 0 radical (unpaired) electrons. The van der Waals surface area contributed by atoms with Gasteiger partial charge < -0.3 is 14.6 Å². The fraction of sp³-hybridized carbons (Fsp3) is 0.286. The van der Waals surface area contributed by atoms with Gasteiger partial charge in [-0.15, -0.1) is 0 Å². The predicted octanol–water partition coefficient (Wildman–Crippen LogP) is 4.59. The summed E-state index contributed by atoms with van der Waals surface area (Å²) in [5.41, 5.74) is 2.99. The molecule has 3 aromatic rings. The maximum atomic E-state index is 12.5. The minimum atomic E-state index is -0.590. The number of nitrogens with one attached hydrogen (secondary N) is 1. The van der Waals surface area contributed by atoms with Crippen molar-refractivity contribution in [1.82, 2.24) is 15.5 Å². The summed E-state index contributed by atoms with van der Waals surface area (Å²) < 4.78 is 12.1. The minimum Gasteiger partial charge on any atom is -0.480 e. The molecular formula is C21H22BrN3O3. The van der Waals surface area contributed by atoms with E-state index < -0.39 is 6.10 Å². The Bertz CT molecular complexity index is 971. The van der Waals surface area contributed by atoms with Crippen LogP contribution in [0, 0.1) is 13.8 Å². The second kappa shape index (κ2) is 9.01. The summed E-state index contributed by atoms with van der Waals surface area (Å²) in [4.78, 5) is 16.9. The maximum Gasteiger partial charge on any atom is 0.261 e. The normalized spacial score (nSPS) is 11.9. The van der Waals surface area contributed by atoms with Crippen molar-refractivity contribution in [2.24, 2.45) is 0 Å². The third-order valence-electron chi connectivity index (χ3n) is 4.45. The second-order valence-electron chi connectivity index (χ2n) is 6.45. The van der Waals surface area contributed by atoms with Crippen LogP contribution in [0.25, 0.3) is 11.4 Å². The predicted molar refractivity (Wildman–Crippen MR) is 110 cm³/mol. The SMILES string of the molecule is CC[C@H](Oc1cccc(C)c1C)C(=O)NCc1nc(-c2cccc(Br)c2)no1. The number of benzene rings is 2. The molecule has 0 unspecified atom stereocenters. The smallest absolute Gasteiger partial charge is 0.261 e. The van der Waals surface area contributed by atoms with Crippen molar-refractivity contribution >= 4 is 21.8 Å². The summed E-state index contributed by atoms with van der Waals surface area (Å²) in [6.07, 6.45) is -0.0419. The standard InChI is InChI=1S/C21H22BrN3O3/c1-4-17(27-18-10-5-7-13(2)14(18)3)21(26)23-12-19-24-20(25-28-19)15-8-6-9-16(22)11-15/h5-11,17H,4,12H2,1-3H3,(H,23,26)/t17-/m0/s1. The molecule has 0 spiro atoms. The number of aryl methyl sites for hydroxylation is 1. The molecule has 0 aliphatic rings. The highest BCUT2D eigenvalue weighted by molar-refractivity contribution is 9.10. The molecule has 0 aliphatic heterocycles. The zero-order valence-electron chi connectivity index (χ0n) is 16.0. The molecule has 7 heteroatoms. The number of ether oxygens (including phenoxy) is 1. The fourth-order valence-electron chi connectivity index (χ4n) is 2.68. The van der Waals surface area contributed by atoms with Crippen molar-refractivity contribution in [3.05, 3.63) is 64.0 Å². The van der Waals surface area contributed by atoms with Crippen LogP contribution >= 0.6 is 15.9 Å². The van der Waals surface area contributed by atoms with Gasteiger partial charge in [-0.3, -0.25) is 4.79 Å². The van der Waals surface area contributed by atoms with Crippen LogP contribution in [-0.4, -0.2) is 22.2 Å². The van der Waals surface area contributed by atoms with Gasteiger partial charge in [0, 0.05) is 10.0 Å². The van der Waals surface area contributed by atoms with E-state index in [-0.39, 0.29) is 12.5 Å². The number of aromatic nitrogens is 2. The van der Waals surface area contributed by atoms with Gasteiger partial charge in [-0.25, -0.2) is 0 Å². The monoisotopic (exact) mass is 443 g/mol. The Morgan fingerprint density at radius 1 is 1.25 bits per heavy atom. The molecule has 1 amide bonds. The van der Waals surface area contributed by atoms with E-state index in [1.165, 1.54) is 0 Å². The first-order valence-corrected chi connectivity index (χ1v) is 9.86. The molecule has 0 saturated carbocycles. The highest BCUT2D eigenvalue weighted by Gasteiger charge is 2.20. The Morgan fingerprint density at radius 2 is 2.04 bits per heavy atom. The number of carbonyl (C=O) groups is 1. The molecule has 1 aromatic heterocycles.